The van der Waals surface area contributed by atoms with E-state index in [1.165, 1.54) is 0 Å². The Morgan fingerprint density at radius 1 is 1.25 bits per heavy atom. The van der Waals surface area contributed by atoms with Gasteiger partial charge < -0.3 is 9.47 Å². The molecule has 3 atom stereocenters. The molecular weight excluding hydrogens is 321 g/mol. The van der Waals surface area contributed by atoms with Crippen LogP contribution in [0, 0.1) is 0 Å². The maximum absolute atomic E-state index is 12.4. The zero-order chi connectivity index (χ0) is 17.6. The standard InChI is InChI=1S/C18H21F3O3/c1-2-6-14-11-16(24-17(22)18(19,20)21)12-15(23-14)10-9-13-7-4-3-5-8-13/h2-5,7-8,14-16H,1,6,9-12H2/t14-,15+,16+/m1/s1. The normalized spacial score (nSPS) is 24.4. The minimum Gasteiger partial charge on any atom is -0.456 e. The Morgan fingerprint density at radius 3 is 2.54 bits per heavy atom. The van der Waals surface area contributed by atoms with Gasteiger partial charge in [-0.05, 0) is 24.8 Å². The third-order valence-electron chi connectivity index (χ3n) is 3.97. The lowest BCUT2D eigenvalue weighted by Gasteiger charge is -2.35. The number of benzene rings is 1. The van der Waals surface area contributed by atoms with Crippen molar-refractivity contribution in [3.63, 3.8) is 0 Å². The first kappa shape index (κ1) is 18.5. The van der Waals surface area contributed by atoms with Crippen molar-refractivity contribution in [1.29, 1.82) is 0 Å². The lowest BCUT2D eigenvalue weighted by molar-refractivity contribution is -0.212. The molecule has 0 bridgehead atoms. The van der Waals surface area contributed by atoms with Gasteiger partial charge in [0.2, 0.25) is 0 Å². The van der Waals surface area contributed by atoms with Crippen LogP contribution in [0.4, 0.5) is 13.2 Å². The van der Waals surface area contributed by atoms with E-state index in [9.17, 15) is 18.0 Å². The van der Waals surface area contributed by atoms with Crippen molar-refractivity contribution in [2.45, 2.75) is 56.6 Å². The number of hydrogen-bond acceptors (Lipinski definition) is 3. The summed E-state index contributed by atoms with van der Waals surface area (Å²) in [6, 6.07) is 9.78. The van der Waals surface area contributed by atoms with E-state index >= 15 is 0 Å². The zero-order valence-electron chi connectivity index (χ0n) is 13.3. The number of alkyl halides is 3. The molecule has 1 fully saturated rings. The molecule has 0 saturated carbocycles. The SMILES string of the molecule is C=CC[C@@H]1C[C@H](OC(=O)C(F)(F)F)C[C@H](CCc2ccccc2)O1. The highest BCUT2D eigenvalue weighted by atomic mass is 19.4. The molecule has 0 aliphatic carbocycles. The van der Waals surface area contributed by atoms with Crippen molar-refractivity contribution in [3.8, 4) is 0 Å². The number of hydrogen-bond donors (Lipinski definition) is 0. The number of halogens is 3. The summed E-state index contributed by atoms with van der Waals surface area (Å²) in [5.74, 6) is -2.13. The van der Waals surface area contributed by atoms with Gasteiger partial charge in [0, 0.05) is 12.8 Å². The van der Waals surface area contributed by atoms with Crippen LogP contribution in [-0.2, 0) is 20.7 Å². The van der Waals surface area contributed by atoms with Gasteiger partial charge >= 0.3 is 12.1 Å². The molecule has 1 aromatic rings. The lowest BCUT2D eigenvalue weighted by atomic mass is 9.95. The van der Waals surface area contributed by atoms with Gasteiger partial charge in [-0.3, -0.25) is 0 Å². The number of carbonyl (C=O) groups excluding carboxylic acids is 1. The van der Waals surface area contributed by atoms with Crippen molar-refractivity contribution in [3.05, 3.63) is 48.6 Å². The number of aryl methyl sites for hydroxylation is 1. The molecule has 132 valence electrons. The van der Waals surface area contributed by atoms with E-state index in [0.717, 1.165) is 12.0 Å². The van der Waals surface area contributed by atoms with Gasteiger partial charge in [0.05, 0.1) is 12.2 Å². The summed E-state index contributed by atoms with van der Waals surface area (Å²) in [5, 5.41) is 0. The molecule has 6 heteroatoms. The Kier molecular flexibility index (Phi) is 6.43. The van der Waals surface area contributed by atoms with E-state index < -0.39 is 18.2 Å². The van der Waals surface area contributed by atoms with E-state index in [2.05, 4.69) is 11.3 Å². The second-order valence-corrected chi connectivity index (χ2v) is 5.93. The summed E-state index contributed by atoms with van der Waals surface area (Å²) in [5.41, 5.74) is 1.13. The van der Waals surface area contributed by atoms with Gasteiger partial charge in [0.1, 0.15) is 6.10 Å². The summed E-state index contributed by atoms with van der Waals surface area (Å²) in [6.07, 6.45) is -2.13. The number of carbonyl (C=O) groups is 1. The topological polar surface area (TPSA) is 35.5 Å². The third kappa shape index (κ3) is 5.67. The first-order valence-electron chi connectivity index (χ1n) is 7.96. The second kappa shape index (κ2) is 8.33. The molecule has 24 heavy (non-hydrogen) atoms. The highest BCUT2D eigenvalue weighted by Crippen LogP contribution is 2.29. The van der Waals surface area contributed by atoms with E-state index in [4.69, 9.17) is 4.74 Å². The molecule has 0 spiro atoms. The summed E-state index contributed by atoms with van der Waals surface area (Å²) in [7, 11) is 0. The largest absolute Gasteiger partial charge is 0.490 e. The van der Waals surface area contributed by atoms with Gasteiger partial charge in [-0.15, -0.1) is 6.58 Å². The van der Waals surface area contributed by atoms with E-state index in [0.29, 0.717) is 12.8 Å². The monoisotopic (exact) mass is 342 g/mol. The molecule has 1 heterocycles. The van der Waals surface area contributed by atoms with Gasteiger partial charge in [-0.25, -0.2) is 4.79 Å². The molecule has 0 radical (unpaired) electrons. The smallest absolute Gasteiger partial charge is 0.456 e. The van der Waals surface area contributed by atoms with Gasteiger partial charge in [0.25, 0.3) is 0 Å². The van der Waals surface area contributed by atoms with Crippen molar-refractivity contribution in [2.24, 2.45) is 0 Å². The van der Waals surface area contributed by atoms with E-state index in [-0.39, 0.29) is 25.0 Å². The van der Waals surface area contributed by atoms with Crippen molar-refractivity contribution in [2.75, 3.05) is 0 Å². The van der Waals surface area contributed by atoms with Crippen molar-refractivity contribution >= 4 is 5.97 Å². The van der Waals surface area contributed by atoms with Gasteiger partial charge in [-0.2, -0.15) is 13.2 Å². The summed E-state index contributed by atoms with van der Waals surface area (Å²) in [4.78, 5) is 11.1. The molecule has 0 unspecified atom stereocenters. The minimum atomic E-state index is -4.97. The van der Waals surface area contributed by atoms with Crippen molar-refractivity contribution < 1.29 is 27.4 Å². The molecule has 1 saturated heterocycles. The number of rotatable bonds is 6. The van der Waals surface area contributed by atoms with Gasteiger partial charge in [0.15, 0.2) is 0 Å². The molecule has 0 aromatic heterocycles. The predicted octanol–water partition coefficient (Wildman–Crippen LogP) is 4.22. The number of ether oxygens (including phenoxy) is 2. The molecule has 1 aromatic carbocycles. The first-order valence-corrected chi connectivity index (χ1v) is 7.96. The molecule has 1 aliphatic rings. The van der Waals surface area contributed by atoms with Crippen LogP contribution < -0.4 is 0 Å². The Balaban J connectivity index is 1.94. The fourth-order valence-corrected chi connectivity index (χ4v) is 2.88. The quantitative estimate of drug-likeness (QED) is 0.574. The van der Waals surface area contributed by atoms with Crippen LogP contribution in [0.15, 0.2) is 43.0 Å². The van der Waals surface area contributed by atoms with Crippen LogP contribution in [0.25, 0.3) is 0 Å². The molecule has 0 N–H and O–H groups in total. The Hall–Kier alpha value is -1.82. The Labute approximate surface area is 139 Å². The van der Waals surface area contributed by atoms with Crippen LogP contribution in [0.1, 0.15) is 31.2 Å². The van der Waals surface area contributed by atoms with Crippen molar-refractivity contribution in [1.82, 2.24) is 0 Å². The third-order valence-corrected chi connectivity index (χ3v) is 3.97. The summed E-state index contributed by atoms with van der Waals surface area (Å²) >= 11 is 0. The molecule has 2 rings (SSSR count). The Bertz CT molecular complexity index is 542. The average Bonchev–Trinajstić information content (AvgIpc) is 2.53. The first-order chi connectivity index (χ1) is 11.4. The van der Waals surface area contributed by atoms with E-state index in [1.807, 2.05) is 30.3 Å². The fraction of sp³-hybridized carbons (Fsp3) is 0.500. The maximum Gasteiger partial charge on any atom is 0.490 e. The minimum absolute atomic E-state index is 0.241. The van der Waals surface area contributed by atoms with Crippen LogP contribution in [0.3, 0.4) is 0 Å². The Morgan fingerprint density at radius 2 is 1.92 bits per heavy atom. The van der Waals surface area contributed by atoms with Gasteiger partial charge in [-0.1, -0.05) is 36.4 Å². The molecule has 0 amide bonds. The second-order valence-electron chi connectivity index (χ2n) is 5.93. The highest BCUT2D eigenvalue weighted by Gasteiger charge is 2.43. The van der Waals surface area contributed by atoms with Crippen LogP contribution in [-0.4, -0.2) is 30.5 Å². The predicted molar refractivity (Wildman–Crippen MR) is 83.4 cm³/mol. The zero-order valence-corrected chi connectivity index (χ0v) is 13.3. The summed E-state index contributed by atoms with van der Waals surface area (Å²) < 4.78 is 47.7. The maximum atomic E-state index is 12.4. The van der Waals surface area contributed by atoms with E-state index in [1.54, 1.807) is 6.08 Å². The lowest BCUT2D eigenvalue weighted by Crippen LogP contribution is -2.40. The fourth-order valence-electron chi connectivity index (χ4n) is 2.88. The summed E-state index contributed by atoms with van der Waals surface area (Å²) in [6.45, 7) is 3.63. The number of esters is 1. The van der Waals surface area contributed by atoms with Crippen LogP contribution in [0.5, 0.6) is 0 Å². The molecule has 1 aliphatic heterocycles. The molecular formula is C18H21F3O3. The molecule has 3 nitrogen and oxygen atoms in total. The average molecular weight is 342 g/mol. The highest BCUT2D eigenvalue weighted by molar-refractivity contribution is 5.75. The van der Waals surface area contributed by atoms with Crippen LogP contribution >= 0.6 is 0 Å². The van der Waals surface area contributed by atoms with Crippen LogP contribution in [0.2, 0.25) is 0 Å².